The van der Waals surface area contributed by atoms with E-state index in [9.17, 15) is 9.59 Å². The van der Waals surface area contributed by atoms with Gasteiger partial charge < -0.3 is 13.9 Å². The van der Waals surface area contributed by atoms with Crippen LogP contribution in [0.3, 0.4) is 0 Å². The summed E-state index contributed by atoms with van der Waals surface area (Å²) in [4.78, 5) is 23.9. The number of carbonyl (C=O) groups excluding carboxylic acids is 2. The number of hydrazine groups is 1. The van der Waals surface area contributed by atoms with E-state index in [1.54, 1.807) is 50.3 Å². The molecule has 0 aliphatic rings. The molecule has 7 heteroatoms. The molecule has 0 saturated heterocycles. The van der Waals surface area contributed by atoms with Gasteiger partial charge in [-0.05, 0) is 43.7 Å². The zero-order valence-corrected chi connectivity index (χ0v) is 15.5. The zero-order chi connectivity index (χ0) is 19.8. The van der Waals surface area contributed by atoms with Gasteiger partial charge in [0.15, 0.2) is 11.5 Å². The molecule has 7 nitrogen and oxygen atoms in total. The summed E-state index contributed by atoms with van der Waals surface area (Å²) in [6.45, 7) is 7.38. The number of nitrogens with one attached hydrogen (secondary N) is 2. The molecule has 2 aromatic rings. The predicted molar refractivity (Wildman–Crippen MR) is 102 cm³/mol. The summed E-state index contributed by atoms with van der Waals surface area (Å²) in [5, 5.41) is 0. The first-order chi connectivity index (χ1) is 12.9. The molecule has 0 fully saturated rings. The Morgan fingerprint density at radius 1 is 1.19 bits per heavy atom. The third-order valence-electron chi connectivity index (χ3n) is 3.56. The minimum absolute atomic E-state index is 0.364. The topological polar surface area (TPSA) is 89.8 Å². The highest BCUT2D eigenvalue weighted by atomic mass is 16.5. The molecule has 0 unspecified atom stereocenters. The third kappa shape index (κ3) is 5.50. The molecule has 0 spiro atoms. The van der Waals surface area contributed by atoms with Crippen molar-refractivity contribution < 1.29 is 23.5 Å². The van der Waals surface area contributed by atoms with Gasteiger partial charge in [0, 0.05) is 6.08 Å². The summed E-state index contributed by atoms with van der Waals surface area (Å²) in [5.74, 6) is 1.30. The van der Waals surface area contributed by atoms with Gasteiger partial charge in [0.2, 0.25) is 0 Å². The Kier molecular flexibility index (Phi) is 6.82. The van der Waals surface area contributed by atoms with Crippen LogP contribution in [0.25, 0.3) is 6.08 Å². The second-order valence-electron chi connectivity index (χ2n) is 5.61. The average molecular weight is 370 g/mol. The van der Waals surface area contributed by atoms with Crippen molar-refractivity contribution >= 4 is 17.9 Å². The van der Waals surface area contributed by atoms with Crippen molar-refractivity contribution in [2.24, 2.45) is 0 Å². The van der Waals surface area contributed by atoms with Crippen LogP contribution in [-0.2, 0) is 4.79 Å². The van der Waals surface area contributed by atoms with E-state index < -0.39 is 11.8 Å². The predicted octanol–water partition coefficient (Wildman–Crippen LogP) is 2.94. The number of rotatable bonds is 7. The maximum absolute atomic E-state index is 12.0. The number of amides is 2. The van der Waals surface area contributed by atoms with Crippen LogP contribution in [0.4, 0.5) is 0 Å². The molecule has 0 aliphatic heterocycles. The highest BCUT2D eigenvalue weighted by Gasteiger charge is 2.13. The van der Waals surface area contributed by atoms with Crippen molar-refractivity contribution in [3.63, 3.8) is 0 Å². The average Bonchev–Trinajstić information content (AvgIpc) is 3.01. The van der Waals surface area contributed by atoms with Gasteiger partial charge in [-0.3, -0.25) is 20.4 Å². The molecule has 0 radical (unpaired) electrons. The minimum Gasteiger partial charge on any atom is -0.493 e. The lowest BCUT2D eigenvalue weighted by Crippen LogP contribution is -2.40. The van der Waals surface area contributed by atoms with Gasteiger partial charge in [-0.1, -0.05) is 18.7 Å². The van der Waals surface area contributed by atoms with Crippen LogP contribution in [-0.4, -0.2) is 25.5 Å². The molecule has 1 aromatic heterocycles. The lowest BCUT2D eigenvalue weighted by molar-refractivity contribution is -0.117. The maximum atomic E-state index is 12.0. The van der Waals surface area contributed by atoms with Gasteiger partial charge in [-0.25, -0.2) is 0 Å². The number of hydrogen-bond acceptors (Lipinski definition) is 5. The second-order valence-corrected chi connectivity index (χ2v) is 5.61. The van der Waals surface area contributed by atoms with E-state index in [1.807, 2.05) is 0 Å². The summed E-state index contributed by atoms with van der Waals surface area (Å²) >= 11 is 0. The molecule has 0 bridgehead atoms. The summed E-state index contributed by atoms with van der Waals surface area (Å²) in [5.41, 5.74) is 5.77. The molecule has 0 aliphatic carbocycles. The van der Waals surface area contributed by atoms with E-state index >= 15 is 0 Å². The number of ether oxygens (including phenoxy) is 2. The van der Waals surface area contributed by atoms with E-state index in [-0.39, 0.29) is 0 Å². The number of hydrogen-bond donors (Lipinski definition) is 2. The summed E-state index contributed by atoms with van der Waals surface area (Å²) in [6, 6.07) is 6.86. The first-order valence-electron chi connectivity index (χ1n) is 8.21. The first-order valence-corrected chi connectivity index (χ1v) is 8.21. The molecule has 1 aromatic carbocycles. The maximum Gasteiger partial charge on any atom is 0.273 e. The van der Waals surface area contributed by atoms with E-state index in [0.717, 1.165) is 5.56 Å². The number of furan rings is 1. The number of aryl methyl sites for hydroxylation is 2. The van der Waals surface area contributed by atoms with Crippen molar-refractivity contribution in [3.8, 4) is 11.5 Å². The second kappa shape index (κ2) is 9.28. The van der Waals surface area contributed by atoms with Crippen molar-refractivity contribution in [2.45, 2.75) is 13.8 Å². The molecule has 2 amide bonds. The zero-order valence-electron chi connectivity index (χ0n) is 15.5. The first kappa shape index (κ1) is 19.8. The quantitative estimate of drug-likeness (QED) is 0.444. The minimum atomic E-state index is -0.479. The molecule has 2 N–H and O–H groups in total. The van der Waals surface area contributed by atoms with Crippen molar-refractivity contribution in [2.75, 3.05) is 13.7 Å². The highest BCUT2D eigenvalue weighted by Crippen LogP contribution is 2.28. The van der Waals surface area contributed by atoms with Crippen LogP contribution in [0.2, 0.25) is 0 Å². The van der Waals surface area contributed by atoms with Crippen molar-refractivity contribution in [1.82, 2.24) is 10.9 Å². The Hall–Kier alpha value is -3.48. The summed E-state index contributed by atoms with van der Waals surface area (Å²) in [7, 11) is 1.53. The Bertz CT molecular complexity index is 867. The van der Waals surface area contributed by atoms with Crippen LogP contribution in [0.1, 0.15) is 27.4 Å². The van der Waals surface area contributed by atoms with Crippen LogP contribution in [0.15, 0.2) is 47.4 Å². The van der Waals surface area contributed by atoms with Gasteiger partial charge in [-0.2, -0.15) is 0 Å². The number of carbonyl (C=O) groups is 2. The van der Waals surface area contributed by atoms with Gasteiger partial charge in [-0.15, -0.1) is 0 Å². The van der Waals surface area contributed by atoms with E-state index in [1.165, 1.54) is 13.2 Å². The number of methoxy groups -OCH3 is 1. The Morgan fingerprint density at radius 3 is 2.59 bits per heavy atom. The van der Waals surface area contributed by atoms with E-state index in [0.29, 0.717) is 35.2 Å². The normalized spacial score (nSPS) is 10.5. The molecular weight excluding hydrogens is 348 g/mol. The molecule has 142 valence electrons. The smallest absolute Gasteiger partial charge is 0.273 e. The van der Waals surface area contributed by atoms with Crippen molar-refractivity contribution in [1.29, 1.82) is 0 Å². The van der Waals surface area contributed by atoms with Crippen LogP contribution in [0, 0.1) is 13.8 Å². The lowest BCUT2D eigenvalue weighted by atomic mass is 10.2. The molecule has 0 saturated carbocycles. The fourth-order valence-electron chi connectivity index (χ4n) is 2.31. The Morgan fingerprint density at radius 2 is 1.96 bits per heavy atom. The number of benzene rings is 1. The molecule has 2 rings (SSSR count). The van der Waals surface area contributed by atoms with Gasteiger partial charge >= 0.3 is 0 Å². The molecule has 0 atom stereocenters. The SMILES string of the molecule is C=CCOc1ccc(/C=C/C(=O)NNC(=O)c2cc(C)oc2C)cc1OC. The lowest BCUT2D eigenvalue weighted by Gasteiger charge is -2.09. The van der Waals surface area contributed by atoms with E-state index in [4.69, 9.17) is 13.9 Å². The molecule has 1 heterocycles. The Balaban J connectivity index is 1.95. The third-order valence-corrected chi connectivity index (χ3v) is 3.56. The van der Waals surface area contributed by atoms with E-state index in [2.05, 4.69) is 17.4 Å². The highest BCUT2D eigenvalue weighted by molar-refractivity contribution is 5.98. The standard InChI is InChI=1S/C20H22N2O5/c1-5-10-26-17-8-6-15(12-18(17)25-4)7-9-19(23)21-22-20(24)16-11-13(2)27-14(16)3/h5-9,11-12H,1,10H2,2-4H3,(H,21,23)(H,22,24)/b9-7+. The Labute approximate surface area is 157 Å². The van der Waals surface area contributed by atoms with Crippen molar-refractivity contribution in [3.05, 3.63) is 65.6 Å². The molecule has 27 heavy (non-hydrogen) atoms. The van der Waals surface area contributed by atoms with Crippen LogP contribution >= 0.6 is 0 Å². The van der Waals surface area contributed by atoms with Gasteiger partial charge in [0.25, 0.3) is 11.8 Å². The fourth-order valence-corrected chi connectivity index (χ4v) is 2.31. The van der Waals surface area contributed by atoms with Gasteiger partial charge in [0.1, 0.15) is 18.1 Å². The van der Waals surface area contributed by atoms with Gasteiger partial charge in [0.05, 0.1) is 12.7 Å². The van der Waals surface area contributed by atoms with Crippen LogP contribution in [0.5, 0.6) is 11.5 Å². The largest absolute Gasteiger partial charge is 0.493 e. The summed E-state index contributed by atoms with van der Waals surface area (Å²) < 4.78 is 16.0. The fraction of sp³-hybridized carbons (Fsp3) is 0.200. The monoisotopic (exact) mass is 370 g/mol. The molecular formula is C20H22N2O5. The summed E-state index contributed by atoms with van der Waals surface area (Å²) in [6.07, 6.45) is 4.53. The van der Waals surface area contributed by atoms with Crippen LogP contribution < -0.4 is 20.3 Å².